The number of furan rings is 1. The summed E-state index contributed by atoms with van der Waals surface area (Å²) in [6.07, 6.45) is 8.10. The van der Waals surface area contributed by atoms with E-state index in [9.17, 15) is 19.2 Å². The van der Waals surface area contributed by atoms with Gasteiger partial charge in [-0.05, 0) is 37.3 Å². The van der Waals surface area contributed by atoms with E-state index in [1.165, 1.54) is 25.2 Å². The summed E-state index contributed by atoms with van der Waals surface area (Å²) in [4.78, 5) is 51.0. The van der Waals surface area contributed by atoms with Gasteiger partial charge in [-0.15, -0.1) is 0 Å². The number of Topliss-reactive ketones (excluding diaryl/α,β-unsaturated/α-hetero) is 1. The molecule has 152 valence electrons. The van der Waals surface area contributed by atoms with Crippen molar-refractivity contribution in [1.29, 1.82) is 0 Å². The molecule has 1 saturated heterocycles. The molecule has 8 heteroatoms. The SMILES string of the molecule is NC(=O)C1C(=O)[C@@H](NC(=O)CCC2CCCC2)CCCN1C(=O)c1ccco1. The van der Waals surface area contributed by atoms with Gasteiger partial charge in [-0.2, -0.15) is 0 Å². The molecule has 1 unspecified atom stereocenters. The van der Waals surface area contributed by atoms with E-state index >= 15 is 0 Å². The Balaban J connectivity index is 1.65. The van der Waals surface area contributed by atoms with E-state index in [0.717, 1.165) is 24.2 Å². The minimum absolute atomic E-state index is 0.0399. The van der Waals surface area contributed by atoms with E-state index in [0.29, 0.717) is 25.2 Å². The lowest BCUT2D eigenvalue weighted by Gasteiger charge is -2.27. The molecule has 1 saturated carbocycles. The van der Waals surface area contributed by atoms with Crippen LogP contribution in [0, 0.1) is 5.92 Å². The van der Waals surface area contributed by atoms with Gasteiger partial charge < -0.3 is 20.4 Å². The molecule has 2 atom stereocenters. The van der Waals surface area contributed by atoms with Crippen LogP contribution in [0.15, 0.2) is 22.8 Å². The second-order valence-corrected chi connectivity index (χ2v) is 7.63. The van der Waals surface area contributed by atoms with Gasteiger partial charge in [0.2, 0.25) is 11.8 Å². The number of hydrogen-bond donors (Lipinski definition) is 2. The van der Waals surface area contributed by atoms with Crippen LogP contribution >= 0.6 is 0 Å². The summed E-state index contributed by atoms with van der Waals surface area (Å²) in [5.41, 5.74) is 5.45. The van der Waals surface area contributed by atoms with Crippen molar-refractivity contribution < 1.29 is 23.6 Å². The van der Waals surface area contributed by atoms with Crippen molar-refractivity contribution in [3.05, 3.63) is 24.2 Å². The highest BCUT2D eigenvalue weighted by Crippen LogP contribution is 2.28. The zero-order chi connectivity index (χ0) is 20.1. The first-order valence-electron chi connectivity index (χ1n) is 9.94. The Morgan fingerprint density at radius 1 is 1.18 bits per heavy atom. The van der Waals surface area contributed by atoms with Crippen molar-refractivity contribution in [2.75, 3.05) is 6.54 Å². The maximum absolute atomic E-state index is 12.9. The summed E-state index contributed by atoms with van der Waals surface area (Å²) < 4.78 is 5.10. The van der Waals surface area contributed by atoms with Gasteiger partial charge in [0.1, 0.15) is 0 Å². The fourth-order valence-electron chi connectivity index (χ4n) is 4.18. The first-order chi connectivity index (χ1) is 13.5. The number of carbonyl (C=O) groups excluding carboxylic acids is 4. The molecule has 1 aromatic heterocycles. The minimum Gasteiger partial charge on any atom is -0.459 e. The van der Waals surface area contributed by atoms with Crippen LogP contribution in [0.25, 0.3) is 0 Å². The van der Waals surface area contributed by atoms with Gasteiger partial charge in [-0.3, -0.25) is 19.2 Å². The fourth-order valence-corrected chi connectivity index (χ4v) is 4.18. The number of rotatable bonds is 6. The zero-order valence-electron chi connectivity index (χ0n) is 15.9. The number of likely N-dealkylation sites (tertiary alicyclic amines) is 1. The molecule has 1 aliphatic heterocycles. The highest BCUT2D eigenvalue weighted by molar-refractivity contribution is 6.11. The predicted octanol–water partition coefficient (Wildman–Crippen LogP) is 1.39. The molecule has 0 bridgehead atoms. The Kier molecular flexibility index (Phi) is 6.49. The van der Waals surface area contributed by atoms with E-state index in [1.54, 1.807) is 6.07 Å². The topological polar surface area (TPSA) is 123 Å². The number of nitrogens with two attached hydrogens (primary N) is 1. The second-order valence-electron chi connectivity index (χ2n) is 7.63. The first kappa shape index (κ1) is 20.1. The van der Waals surface area contributed by atoms with Crippen LogP contribution in [0.4, 0.5) is 0 Å². The van der Waals surface area contributed by atoms with Crippen LogP contribution < -0.4 is 11.1 Å². The summed E-state index contributed by atoms with van der Waals surface area (Å²) in [5, 5.41) is 2.75. The van der Waals surface area contributed by atoms with Crippen LogP contribution in [-0.4, -0.2) is 47.0 Å². The number of nitrogens with one attached hydrogen (secondary N) is 1. The van der Waals surface area contributed by atoms with Crippen molar-refractivity contribution in [1.82, 2.24) is 10.2 Å². The van der Waals surface area contributed by atoms with E-state index in [2.05, 4.69) is 5.32 Å². The van der Waals surface area contributed by atoms with E-state index in [1.807, 2.05) is 0 Å². The van der Waals surface area contributed by atoms with Crippen LogP contribution in [0.1, 0.15) is 61.9 Å². The van der Waals surface area contributed by atoms with Gasteiger partial charge in [0, 0.05) is 13.0 Å². The van der Waals surface area contributed by atoms with E-state index in [-0.39, 0.29) is 18.2 Å². The van der Waals surface area contributed by atoms with Gasteiger partial charge in [-0.1, -0.05) is 25.7 Å². The lowest BCUT2D eigenvalue weighted by atomic mass is 9.99. The largest absolute Gasteiger partial charge is 0.459 e. The molecule has 0 aromatic carbocycles. The van der Waals surface area contributed by atoms with Crippen LogP contribution in [0.2, 0.25) is 0 Å². The maximum Gasteiger partial charge on any atom is 0.290 e. The lowest BCUT2D eigenvalue weighted by molar-refractivity contribution is -0.135. The maximum atomic E-state index is 12.9. The Hall–Kier alpha value is -2.64. The monoisotopic (exact) mass is 389 g/mol. The van der Waals surface area contributed by atoms with Gasteiger partial charge in [0.25, 0.3) is 5.91 Å². The molecule has 0 spiro atoms. The normalized spacial score (nSPS) is 23.4. The summed E-state index contributed by atoms with van der Waals surface area (Å²) in [7, 11) is 0. The summed E-state index contributed by atoms with van der Waals surface area (Å²) >= 11 is 0. The molecular formula is C20H27N3O5. The summed E-state index contributed by atoms with van der Waals surface area (Å²) in [6.45, 7) is 0.188. The highest BCUT2D eigenvalue weighted by Gasteiger charge is 2.41. The minimum atomic E-state index is -1.42. The smallest absolute Gasteiger partial charge is 0.290 e. The molecule has 0 radical (unpaired) electrons. The molecule has 2 heterocycles. The standard InChI is InChI=1S/C20H27N3O5/c21-19(26)17-18(25)14(22-16(24)10-9-13-5-1-2-6-13)7-3-11-23(17)20(27)15-8-4-12-28-15/h4,8,12-14,17H,1-3,5-7,9-11H2,(H2,21,26)(H,22,24)/t14-,17?/m0/s1. The molecule has 2 fully saturated rings. The van der Waals surface area contributed by atoms with E-state index in [4.69, 9.17) is 10.2 Å². The third kappa shape index (κ3) is 4.61. The molecule has 8 nitrogen and oxygen atoms in total. The Morgan fingerprint density at radius 3 is 2.57 bits per heavy atom. The Bertz CT molecular complexity index is 724. The molecule has 3 N–H and O–H groups in total. The van der Waals surface area contributed by atoms with Gasteiger partial charge in [0.15, 0.2) is 17.6 Å². The number of hydrogen-bond acceptors (Lipinski definition) is 5. The number of amides is 3. The van der Waals surface area contributed by atoms with Crippen molar-refractivity contribution in [2.24, 2.45) is 11.7 Å². The quantitative estimate of drug-likeness (QED) is 0.712. The third-order valence-electron chi connectivity index (χ3n) is 5.67. The Labute approximate surface area is 163 Å². The number of ketones is 1. The number of nitrogens with zero attached hydrogens (tertiary/aromatic N) is 1. The van der Waals surface area contributed by atoms with Gasteiger partial charge >= 0.3 is 0 Å². The van der Waals surface area contributed by atoms with E-state index < -0.39 is 29.7 Å². The molecule has 3 rings (SSSR count). The van der Waals surface area contributed by atoms with Crippen LogP contribution in [0.5, 0.6) is 0 Å². The van der Waals surface area contributed by atoms with Crippen LogP contribution in [-0.2, 0) is 14.4 Å². The predicted molar refractivity (Wildman–Crippen MR) is 100 cm³/mol. The highest BCUT2D eigenvalue weighted by atomic mass is 16.3. The van der Waals surface area contributed by atoms with Crippen molar-refractivity contribution in [2.45, 2.75) is 63.5 Å². The van der Waals surface area contributed by atoms with Crippen molar-refractivity contribution in [3.63, 3.8) is 0 Å². The zero-order valence-corrected chi connectivity index (χ0v) is 15.9. The number of carbonyl (C=O) groups is 4. The van der Waals surface area contributed by atoms with Gasteiger partial charge in [0.05, 0.1) is 12.3 Å². The molecule has 28 heavy (non-hydrogen) atoms. The third-order valence-corrected chi connectivity index (χ3v) is 5.67. The average molecular weight is 389 g/mol. The fraction of sp³-hybridized carbons (Fsp3) is 0.600. The molecule has 1 aromatic rings. The summed E-state index contributed by atoms with van der Waals surface area (Å²) in [6, 6.07) is 0.792. The molecule has 1 aliphatic carbocycles. The Morgan fingerprint density at radius 2 is 1.93 bits per heavy atom. The van der Waals surface area contributed by atoms with Gasteiger partial charge in [-0.25, -0.2) is 0 Å². The summed E-state index contributed by atoms with van der Waals surface area (Å²) in [5.74, 6) is -1.58. The first-order valence-corrected chi connectivity index (χ1v) is 9.94. The molecular weight excluding hydrogens is 362 g/mol. The second kappa shape index (κ2) is 9.03. The average Bonchev–Trinajstić information content (AvgIpc) is 3.34. The lowest BCUT2D eigenvalue weighted by Crippen LogP contribution is -2.56. The van der Waals surface area contributed by atoms with Crippen molar-refractivity contribution in [3.8, 4) is 0 Å². The van der Waals surface area contributed by atoms with Crippen LogP contribution in [0.3, 0.4) is 0 Å². The molecule has 3 amide bonds. The molecule has 2 aliphatic rings. The van der Waals surface area contributed by atoms with Crippen molar-refractivity contribution >= 4 is 23.5 Å². The number of primary amides is 1.